The van der Waals surface area contributed by atoms with E-state index in [9.17, 15) is 9.59 Å². The fraction of sp³-hybridized carbons (Fsp3) is 0.695. The van der Waals surface area contributed by atoms with Crippen LogP contribution in [0.5, 0.6) is 0 Å². The average molecular weight is 889 g/mol. The van der Waals surface area contributed by atoms with Gasteiger partial charge in [-0.1, -0.05) is 234 Å². The van der Waals surface area contributed by atoms with Gasteiger partial charge in [0, 0.05) is 19.4 Å². The Labute approximate surface area is 396 Å². The summed E-state index contributed by atoms with van der Waals surface area (Å²) >= 11 is 0. The first-order chi connectivity index (χ1) is 31.6. The molecule has 0 aromatic carbocycles. The van der Waals surface area contributed by atoms with Gasteiger partial charge in [-0.15, -0.1) is 0 Å². The van der Waals surface area contributed by atoms with Crippen LogP contribution in [0.25, 0.3) is 0 Å². The molecule has 1 atom stereocenters. The van der Waals surface area contributed by atoms with Crippen LogP contribution in [0.15, 0.2) is 97.2 Å². The number of carbonyl (C=O) groups is 2. The number of allylic oxidation sites excluding steroid dienone is 16. The molecule has 0 heterocycles. The monoisotopic (exact) mass is 889 g/mol. The van der Waals surface area contributed by atoms with E-state index in [0.717, 1.165) is 96.3 Å². The highest BCUT2D eigenvalue weighted by Crippen LogP contribution is 2.15. The van der Waals surface area contributed by atoms with Gasteiger partial charge in [-0.2, -0.15) is 0 Å². The van der Waals surface area contributed by atoms with Crippen molar-refractivity contribution in [3.63, 3.8) is 0 Å². The summed E-state index contributed by atoms with van der Waals surface area (Å²) in [7, 11) is 0. The highest BCUT2D eigenvalue weighted by molar-refractivity contribution is 5.70. The molecule has 0 bridgehead atoms. The predicted molar refractivity (Wildman–Crippen MR) is 279 cm³/mol. The minimum absolute atomic E-state index is 0.0478. The number of unbranched alkanes of at least 4 members (excludes halogenated alkanes) is 21. The molecular weight excluding hydrogens is 789 g/mol. The number of hydrogen-bond donors (Lipinski definition) is 0. The second-order valence-corrected chi connectivity index (χ2v) is 17.4. The highest BCUT2D eigenvalue weighted by Gasteiger charge is 2.17. The van der Waals surface area contributed by atoms with Crippen molar-refractivity contribution in [3.8, 4) is 0 Å². The lowest BCUT2D eigenvalue weighted by atomic mass is 10.0. The minimum atomic E-state index is -0.569. The van der Waals surface area contributed by atoms with Crippen LogP contribution in [0.4, 0.5) is 0 Å². The van der Waals surface area contributed by atoms with E-state index in [1.165, 1.54) is 109 Å². The van der Waals surface area contributed by atoms with E-state index in [1.54, 1.807) is 0 Å². The van der Waals surface area contributed by atoms with Gasteiger partial charge < -0.3 is 14.2 Å². The Bertz CT molecular complexity index is 1230. The van der Waals surface area contributed by atoms with Crippen molar-refractivity contribution in [1.29, 1.82) is 0 Å². The number of esters is 2. The van der Waals surface area contributed by atoms with Gasteiger partial charge in [-0.25, -0.2) is 0 Å². The van der Waals surface area contributed by atoms with Crippen LogP contribution in [-0.4, -0.2) is 37.9 Å². The molecule has 0 amide bonds. The van der Waals surface area contributed by atoms with Crippen molar-refractivity contribution in [2.75, 3.05) is 19.8 Å². The maximum Gasteiger partial charge on any atom is 0.306 e. The lowest BCUT2D eigenvalue weighted by Crippen LogP contribution is -2.30. The van der Waals surface area contributed by atoms with E-state index in [-0.39, 0.29) is 25.2 Å². The minimum Gasteiger partial charge on any atom is -0.462 e. The first-order valence-electron chi connectivity index (χ1n) is 26.8. The summed E-state index contributed by atoms with van der Waals surface area (Å²) in [6, 6.07) is 0. The Hall–Kier alpha value is -3.18. The van der Waals surface area contributed by atoms with Crippen molar-refractivity contribution in [2.45, 2.75) is 245 Å². The predicted octanol–water partition coefficient (Wildman–Crippen LogP) is 18.2. The van der Waals surface area contributed by atoms with Crippen molar-refractivity contribution in [1.82, 2.24) is 0 Å². The van der Waals surface area contributed by atoms with Crippen LogP contribution < -0.4 is 0 Å². The molecule has 0 fully saturated rings. The molecule has 0 aliphatic rings. The lowest BCUT2D eigenvalue weighted by molar-refractivity contribution is -0.163. The molecule has 0 radical (unpaired) electrons. The molecule has 0 N–H and O–H groups in total. The van der Waals surface area contributed by atoms with Gasteiger partial charge >= 0.3 is 11.9 Å². The van der Waals surface area contributed by atoms with E-state index in [0.29, 0.717) is 19.4 Å². The molecule has 0 rings (SSSR count). The Morgan fingerprint density at radius 3 is 1.17 bits per heavy atom. The molecule has 0 aliphatic heterocycles. The van der Waals surface area contributed by atoms with Gasteiger partial charge in [0.25, 0.3) is 0 Å². The molecule has 5 heteroatoms. The fourth-order valence-corrected chi connectivity index (χ4v) is 7.21. The summed E-state index contributed by atoms with van der Waals surface area (Å²) in [5, 5.41) is 0. The Morgan fingerprint density at radius 2 is 0.719 bits per heavy atom. The molecule has 0 aromatic heterocycles. The maximum atomic E-state index is 12.8. The second kappa shape index (κ2) is 54.2. The Morgan fingerprint density at radius 1 is 0.359 bits per heavy atom. The summed E-state index contributed by atoms with van der Waals surface area (Å²) in [4.78, 5) is 25.4. The van der Waals surface area contributed by atoms with E-state index >= 15 is 0 Å². The van der Waals surface area contributed by atoms with Gasteiger partial charge in [-0.3, -0.25) is 9.59 Å². The number of rotatable bonds is 48. The quantitative estimate of drug-likeness (QED) is 0.0346. The zero-order chi connectivity index (χ0) is 46.3. The van der Waals surface area contributed by atoms with Crippen LogP contribution in [0, 0.1) is 0 Å². The average Bonchev–Trinajstić information content (AvgIpc) is 3.30. The fourth-order valence-electron chi connectivity index (χ4n) is 7.21. The summed E-state index contributed by atoms with van der Waals surface area (Å²) < 4.78 is 17.4. The third-order valence-corrected chi connectivity index (χ3v) is 11.1. The molecule has 0 aliphatic carbocycles. The van der Waals surface area contributed by atoms with Crippen molar-refractivity contribution < 1.29 is 23.8 Å². The molecule has 0 spiro atoms. The van der Waals surface area contributed by atoms with E-state index in [1.807, 2.05) is 0 Å². The molecule has 0 aromatic rings. The first kappa shape index (κ1) is 60.8. The molecule has 64 heavy (non-hydrogen) atoms. The van der Waals surface area contributed by atoms with Crippen molar-refractivity contribution in [3.05, 3.63) is 97.2 Å². The Kier molecular flexibility index (Phi) is 51.5. The van der Waals surface area contributed by atoms with Gasteiger partial charge in [0.1, 0.15) is 6.61 Å². The number of hydrogen-bond acceptors (Lipinski definition) is 5. The summed E-state index contributed by atoms with van der Waals surface area (Å²) in [6.45, 7) is 7.53. The van der Waals surface area contributed by atoms with Crippen LogP contribution in [0.3, 0.4) is 0 Å². The van der Waals surface area contributed by atoms with E-state index in [2.05, 4.69) is 118 Å². The lowest BCUT2D eigenvalue weighted by Gasteiger charge is -2.18. The Balaban J connectivity index is 4.39. The normalized spacial score (nSPS) is 13.0. The summed E-state index contributed by atoms with van der Waals surface area (Å²) in [5.41, 5.74) is 0. The largest absolute Gasteiger partial charge is 0.462 e. The third-order valence-electron chi connectivity index (χ3n) is 11.1. The zero-order valence-corrected chi connectivity index (χ0v) is 42.0. The number of carbonyl (C=O) groups excluding carboxylic acids is 2. The van der Waals surface area contributed by atoms with Crippen LogP contribution >= 0.6 is 0 Å². The van der Waals surface area contributed by atoms with Crippen LogP contribution in [0.2, 0.25) is 0 Å². The summed E-state index contributed by atoms with van der Waals surface area (Å²) in [5.74, 6) is -0.470. The van der Waals surface area contributed by atoms with Crippen molar-refractivity contribution in [2.24, 2.45) is 0 Å². The molecule has 366 valence electrons. The molecule has 0 saturated carbocycles. The SMILES string of the molecule is CC/C=C\C/C=C\C/C=C\C/C=C\C/C=C\CCCC(=O)OCC(COCCCCCCCC/C=C\C/C=C\C/C=C\CC)OC(=O)CCCCCCCCCCCCCCCCC. The standard InChI is InChI=1S/C59H100O5/c1-4-7-10-13-16-19-22-25-28-30-32-34-37-40-43-46-49-52-58(60)63-56-57(55-62-54-51-48-45-42-39-36-33-29-26-23-20-17-14-11-8-5-2)64-59(61)53-50-47-44-41-38-35-31-27-24-21-18-15-12-9-6-3/h7-8,10-11,16-17,19-20,25-26,28-29,32,34,40,43,57H,4-6,9,12-15,18,21-24,27,30-31,33,35-39,41-42,44-56H2,1-3H3/b10-7-,11-8-,19-16-,20-17-,28-25-,29-26-,34-32-,43-40-. The third kappa shape index (κ3) is 51.5. The van der Waals surface area contributed by atoms with E-state index < -0.39 is 6.10 Å². The number of ether oxygens (including phenoxy) is 3. The van der Waals surface area contributed by atoms with Gasteiger partial charge in [0.05, 0.1) is 6.61 Å². The molecule has 1 unspecified atom stereocenters. The summed E-state index contributed by atoms with van der Waals surface area (Å²) in [6.07, 6.45) is 72.8. The second-order valence-electron chi connectivity index (χ2n) is 17.4. The van der Waals surface area contributed by atoms with Gasteiger partial charge in [-0.05, 0) is 89.9 Å². The van der Waals surface area contributed by atoms with Crippen LogP contribution in [0.1, 0.15) is 239 Å². The molecule has 5 nitrogen and oxygen atoms in total. The van der Waals surface area contributed by atoms with Crippen molar-refractivity contribution >= 4 is 11.9 Å². The first-order valence-corrected chi connectivity index (χ1v) is 26.8. The molecular formula is C59H100O5. The highest BCUT2D eigenvalue weighted by atomic mass is 16.6. The smallest absolute Gasteiger partial charge is 0.306 e. The molecule has 0 saturated heterocycles. The van der Waals surface area contributed by atoms with Gasteiger partial charge in [0.15, 0.2) is 6.10 Å². The zero-order valence-electron chi connectivity index (χ0n) is 42.0. The maximum absolute atomic E-state index is 12.8. The van der Waals surface area contributed by atoms with Crippen LogP contribution in [-0.2, 0) is 23.8 Å². The van der Waals surface area contributed by atoms with E-state index in [4.69, 9.17) is 14.2 Å². The topological polar surface area (TPSA) is 61.8 Å². The van der Waals surface area contributed by atoms with Gasteiger partial charge in [0.2, 0.25) is 0 Å².